The molecule has 0 fully saturated rings. The van der Waals surface area contributed by atoms with Crippen LogP contribution in [0.3, 0.4) is 0 Å². The quantitative estimate of drug-likeness (QED) is 0.337. The lowest BCUT2D eigenvalue weighted by molar-refractivity contribution is -0.119. The first-order chi connectivity index (χ1) is 17.9. The van der Waals surface area contributed by atoms with Gasteiger partial charge in [0.2, 0.25) is 0 Å². The minimum Gasteiger partial charge on any atom is -0.462 e. The Bertz CT molecular complexity index is 1480. The fourth-order valence-electron chi connectivity index (χ4n) is 4.41. The Morgan fingerprint density at radius 3 is 2.84 bits per heavy atom. The molecule has 0 saturated carbocycles. The number of ether oxygens (including phenoxy) is 2. The number of H-pyrrole nitrogens is 1. The number of carbonyl (C=O) groups is 3. The van der Waals surface area contributed by atoms with Crippen molar-refractivity contribution < 1.29 is 23.9 Å². The zero-order valence-electron chi connectivity index (χ0n) is 20.5. The summed E-state index contributed by atoms with van der Waals surface area (Å²) in [7, 11) is 0. The van der Waals surface area contributed by atoms with E-state index >= 15 is 0 Å². The number of anilines is 1. The van der Waals surface area contributed by atoms with Crippen LogP contribution in [0, 0.1) is 5.92 Å². The first kappa shape index (κ1) is 24.6. The summed E-state index contributed by atoms with van der Waals surface area (Å²) in [6.07, 6.45) is 5.98. The number of aromatic nitrogens is 3. The maximum Gasteiger partial charge on any atom is 0.341 e. The van der Waals surface area contributed by atoms with Gasteiger partial charge in [-0.15, -0.1) is 11.3 Å². The molecule has 1 aliphatic rings. The second kappa shape index (κ2) is 10.5. The molecule has 0 saturated heterocycles. The van der Waals surface area contributed by atoms with Gasteiger partial charge >= 0.3 is 11.9 Å². The topological polar surface area (TPSA) is 123 Å². The minimum absolute atomic E-state index is 0.245. The number of aromatic amines is 1. The van der Waals surface area contributed by atoms with E-state index in [1.165, 1.54) is 11.3 Å². The smallest absolute Gasteiger partial charge is 0.341 e. The predicted octanol–water partition coefficient (Wildman–Crippen LogP) is 4.78. The molecule has 9 nitrogen and oxygen atoms in total. The fraction of sp³-hybridized carbons (Fsp3) is 0.296. The molecule has 3 aromatic heterocycles. The van der Waals surface area contributed by atoms with Crippen molar-refractivity contribution in [3.63, 3.8) is 0 Å². The third-order valence-corrected chi connectivity index (χ3v) is 7.40. The number of pyridine rings is 1. The van der Waals surface area contributed by atoms with Crippen LogP contribution in [0.4, 0.5) is 5.00 Å². The molecule has 190 valence electrons. The van der Waals surface area contributed by atoms with Gasteiger partial charge in [-0.05, 0) is 68.0 Å². The Labute approximate surface area is 217 Å². The molecule has 1 unspecified atom stereocenters. The Balaban J connectivity index is 1.26. The normalized spacial score (nSPS) is 14.7. The Morgan fingerprint density at radius 2 is 2.05 bits per heavy atom. The van der Waals surface area contributed by atoms with Gasteiger partial charge in [0.05, 0.1) is 28.8 Å². The molecule has 2 N–H and O–H groups in total. The Kier molecular flexibility index (Phi) is 7.00. The van der Waals surface area contributed by atoms with Crippen LogP contribution < -0.4 is 5.32 Å². The van der Waals surface area contributed by atoms with Gasteiger partial charge in [-0.2, -0.15) is 0 Å². The highest BCUT2D eigenvalue weighted by Crippen LogP contribution is 2.40. The van der Waals surface area contributed by atoms with Crippen LogP contribution in [0.5, 0.6) is 0 Å². The maximum atomic E-state index is 12.7. The van der Waals surface area contributed by atoms with Crippen LogP contribution in [0.15, 0.2) is 42.7 Å². The number of nitrogens with zero attached hydrogens (tertiary/aromatic N) is 2. The van der Waals surface area contributed by atoms with Crippen molar-refractivity contribution in [1.82, 2.24) is 15.0 Å². The van der Waals surface area contributed by atoms with Crippen molar-refractivity contribution in [3.05, 3.63) is 64.3 Å². The number of benzene rings is 1. The highest BCUT2D eigenvalue weighted by molar-refractivity contribution is 7.17. The summed E-state index contributed by atoms with van der Waals surface area (Å²) in [5.74, 6) is -0.455. The van der Waals surface area contributed by atoms with Crippen LogP contribution in [-0.4, -0.2) is 46.0 Å². The predicted molar refractivity (Wildman–Crippen MR) is 140 cm³/mol. The van der Waals surface area contributed by atoms with E-state index in [1.807, 2.05) is 12.1 Å². The second-order valence-electron chi connectivity index (χ2n) is 8.96. The van der Waals surface area contributed by atoms with E-state index in [2.05, 4.69) is 27.2 Å². The molecule has 0 aliphatic heterocycles. The van der Waals surface area contributed by atoms with Crippen LogP contribution in [0.2, 0.25) is 0 Å². The van der Waals surface area contributed by atoms with Crippen LogP contribution in [0.1, 0.15) is 51.4 Å². The van der Waals surface area contributed by atoms with Crippen LogP contribution >= 0.6 is 11.3 Å². The highest BCUT2D eigenvalue weighted by atomic mass is 32.1. The van der Waals surface area contributed by atoms with Crippen molar-refractivity contribution in [2.75, 3.05) is 18.5 Å². The number of carbonyl (C=O) groups excluding carboxylic acids is 3. The van der Waals surface area contributed by atoms with E-state index < -0.39 is 24.5 Å². The van der Waals surface area contributed by atoms with Crippen LogP contribution in [-0.2, 0) is 27.1 Å². The van der Waals surface area contributed by atoms with Gasteiger partial charge in [0, 0.05) is 22.8 Å². The second-order valence-corrected chi connectivity index (χ2v) is 10.1. The van der Waals surface area contributed by atoms with E-state index in [-0.39, 0.29) is 12.2 Å². The first-order valence-electron chi connectivity index (χ1n) is 12.1. The molecule has 5 rings (SSSR count). The SMILES string of the molecule is CCOC(=O)c1c(NC(=O)COC(=O)c2ccc3nc(-c4cccnc4)[nH]c3c2)sc2c1CCC(C)C2. The van der Waals surface area contributed by atoms with Crippen molar-refractivity contribution in [2.24, 2.45) is 5.92 Å². The highest BCUT2D eigenvalue weighted by Gasteiger charge is 2.29. The molecule has 0 bridgehead atoms. The van der Waals surface area contributed by atoms with Gasteiger partial charge in [0.25, 0.3) is 5.91 Å². The summed E-state index contributed by atoms with van der Waals surface area (Å²) in [5.41, 5.74) is 3.83. The average molecular weight is 519 g/mol. The molecular weight excluding hydrogens is 492 g/mol. The number of thiophene rings is 1. The molecule has 10 heteroatoms. The number of hydrogen-bond donors (Lipinski definition) is 2. The van der Waals surface area contributed by atoms with Gasteiger partial charge in [0.15, 0.2) is 6.61 Å². The third kappa shape index (κ3) is 5.24. The Morgan fingerprint density at radius 1 is 1.19 bits per heavy atom. The number of esters is 2. The molecule has 1 atom stereocenters. The zero-order valence-corrected chi connectivity index (χ0v) is 21.3. The lowest BCUT2D eigenvalue weighted by Crippen LogP contribution is -2.22. The van der Waals surface area contributed by atoms with E-state index in [0.717, 1.165) is 35.3 Å². The number of imidazole rings is 1. The number of rotatable bonds is 7. The van der Waals surface area contributed by atoms with Gasteiger partial charge < -0.3 is 19.8 Å². The van der Waals surface area contributed by atoms with Gasteiger partial charge in [-0.3, -0.25) is 9.78 Å². The largest absolute Gasteiger partial charge is 0.462 e. The number of fused-ring (bicyclic) bond motifs is 2. The van der Waals surface area contributed by atoms with E-state index in [1.54, 1.807) is 37.5 Å². The summed E-state index contributed by atoms with van der Waals surface area (Å²) >= 11 is 1.39. The molecule has 3 heterocycles. The number of amides is 1. The van der Waals surface area contributed by atoms with Crippen molar-refractivity contribution >= 4 is 45.2 Å². The average Bonchev–Trinajstić information content (AvgIpc) is 3.48. The standard InChI is InChI=1S/C27H26N4O5S/c1-3-35-27(34)23-18-8-6-15(2)11-21(18)37-25(23)31-22(32)14-36-26(33)16-7-9-19-20(12-16)30-24(29-19)17-5-4-10-28-13-17/h4-5,7,9-10,12-13,15H,3,6,8,11,14H2,1-2H3,(H,29,30)(H,31,32). The third-order valence-electron chi connectivity index (χ3n) is 6.23. The number of hydrogen-bond acceptors (Lipinski definition) is 8. The van der Waals surface area contributed by atoms with Crippen molar-refractivity contribution in [2.45, 2.75) is 33.1 Å². The van der Waals surface area contributed by atoms with E-state index in [0.29, 0.717) is 33.3 Å². The molecule has 0 spiro atoms. The Hall–Kier alpha value is -4.05. The fourth-order valence-corrected chi connectivity index (χ4v) is 5.83. The molecule has 37 heavy (non-hydrogen) atoms. The van der Waals surface area contributed by atoms with E-state index in [9.17, 15) is 14.4 Å². The molecule has 4 aromatic rings. The summed E-state index contributed by atoms with van der Waals surface area (Å²) in [5, 5.41) is 3.20. The monoisotopic (exact) mass is 518 g/mol. The van der Waals surface area contributed by atoms with Crippen LogP contribution in [0.25, 0.3) is 22.4 Å². The lowest BCUT2D eigenvalue weighted by atomic mass is 9.88. The lowest BCUT2D eigenvalue weighted by Gasteiger charge is -2.18. The van der Waals surface area contributed by atoms with Gasteiger partial charge in [0.1, 0.15) is 10.8 Å². The van der Waals surface area contributed by atoms with Crippen molar-refractivity contribution in [3.8, 4) is 11.4 Å². The van der Waals surface area contributed by atoms with E-state index in [4.69, 9.17) is 9.47 Å². The molecule has 1 amide bonds. The zero-order chi connectivity index (χ0) is 25.9. The molecule has 1 aromatic carbocycles. The molecular formula is C27H26N4O5S. The summed E-state index contributed by atoms with van der Waals surface area (Å²) in [4.78, 5) is 50.9. The summed E-state index contributed by atoms with van der Waals surface area (Å²) in [6, 6.07) is 8.65. The minimum atomic E-state index is -0.639. The van der Waals surface area contributed by atoms with Gasteiger partial charge in [-0.1, -0.05) is 6.92 Å². The van der Waals surface area contributed by atoms with Crippen molar-refractivity contribution in [1.29, 1.82) is 0 Å². The molecule has 1 aliphatic carbocycles. The van der Waals surface area contributed by atoms with Gasteiger partial charge in [-0.25, -0.2) is 14.6 Å². The summed E-state index contributed by atoms with van der Waals surface area (Å²) < 4.78 is 10.5. The first-order valence-corrected chi connectivity index (χ1v) is 12.9. The molecule has 0 radical (unpaired) electrons. The number of nitrogens with one attached hydrogen (secondary N) is 2. The summed E-state index contributed by atoms with van der Waals surface area (Å²) in [6.45, 7) is 3.68. The maximum absolute atomic E-state index is 12.7.